The van der Waals surface area contributed by atoms with Crippen molar-refractivity contribution in [3.8, 4) is 33.4 Å². The molecule has 1 N–H and O–H groups in total. The van der Waals surface area contributed by atoms with Crippen LogP contribution in [0.3, 0.4) is 0 Å². The quantitative estimate of drug-likeness (QED) is 0.163. The molecule has 0 aromatic heterocycles. The Bertz CT molecular complexity index is 2750. The second-order valence-electron chi connectivity index (χ2n) is 14.3. The van der Waals surface area contributed by atoms with E-state index in [0.717, 1.165) is 27.8 Å². The van der Waals surface area contributed by atoms with Crippen LogP contribution < -0.4 is 0 Å². The molecule has 1 aliphatic rings. The minimum Gasteiger partial charge on any atom is -0.300 e. The maximum atomic E-state index is 8.80. The van der Waals surface area contributed by atoms with Gasteiger partial charge in [0.15, 0.2) is 0 Å². The van der Waals surface area contributed by atoms with Crippen LogP contribution >= 0.6 is 0 Å². The van der Waals surface area contributed by atoms with Crippen molar-refractivity contribution in [2.24, 2.45) is 4.99 Å². The van der Waals surface area contributed by atoms with E-state index in [1.165, 1.54) is 60.7 Å². The summed E-state index contributed by atoms with van der Waals surface area (Å²) in [5.41, 5.74) is 14.2. The van der Waals surface area contributed by atoms with E-state index in [4.69, 9.17) is 10.4 Å². The summed E-state index contributed by atoms with van der Waals surface area (Å²) >= 11 is 0. The Balaban J connectivity index is 1.12. The summed E-state index contributed by atoms with van der Waals surface area (Å²) in [5.74, 6) is 0. The number of nitrogens with one attached hydrogen (secondary N) is 1. The van der Waals surface area contributed by atoms with Gasteiger partial charge < -0.3 is 5.41 Å². The lowest BCUT2D eigenvalue weighted by Gasteiger charge is -2.23. The van der Waals surface area contributed by atoms with Gasteiger partial charge in [0.2, 0.25) is 0 Å². The van der Waals surface area contributed by atoms with Crippen LogP contribution in [0.25, 0.3) is 60.6 Å². The lowest BCUT2D eigenvalue weighted by molar-refractivity contribution is 0.666. The molecule has 252 valence electrons. The summed E-state index contributed by atoms with van der Waals surface area (Å²) in [4.78, 5) is 5.01. The molecule has 0 unspecified atom stereocenters. The van der Waals surface area contributed by atoms with Gasteiger partial charge in [-0.15, -0.1) is 0 Å². The summed E-state index contributed by atoms with van der Waals surface area (Å²) < 4.78 is 0. The first kappa shape index (κ1) is 32.3. The normalized spacial score (nSPS) is 13.4. The average molecular weight is 679 g/mol. The Morgan fingerprint density at radius 3 is 1.92 bits per heavy atom. The van der Waals surface area contributed by atoms with Gasteiger partial charge in [-0.2, -0.15) is 0 Å². The van der Waals surface area contributed by atoms with E-state index in [9.17, 15) is 0 Å². The number of rotatable bonds is 7. The van der Waals surface area contributed by atoms with Crippen molar-refractivity contribution in [3.63, 3.8) is 0 Å². The predicted molar refractivity (Wildman–Crippen MR) is 225 cm³/mol. The number of hydrogen-bond donors (Lipinski definition) is 1. The van der Waals surface area contributed by atoms with Crippen LogP contribution in [0, 0.1) is 5.41 Å². The second kappa shape index (κ2) is 13.2. The predicted octanol–water partition coefficient (Wildman–Crippen LogP) is 13.2. The monoisotopic (exact) mass is 678 g/mol. The van der Waals surface area contributed by atoms with Gasteiger partial charge in [-0.3, -0.25) is 4.99 Å². The third-order valence-corrected chi connectivity index (χ3v) is 10.8. The van der Waals surface area contributed by atoms with Gasteiger partial charge in [0.1, 0.15) is 0 Å². The minimum absolute atomic E-state index is 0.107. The molecule has 8 aromatic rings. The maximum absolute atomic E-state index is 8.80. The smallest absolute Gasteiger partial charge is 0.0723 e. The molecule has 0 heterocycles. The molecule has 53 heavy (non-hydrogen) atoms. The van der Waals surface area contributed by atoms with Crippen molar-refractivity contribution >= 4 is 39.2 Å². The summed E-state index contributed by atoms with van der Waals surface area (Å²) in [5, 5.41) is 13.7. The Kier molecular flexibility index (Phi) is 8.01. The van der Waals surface area contributed by atoms with Crippen LogP contribution in [0.2, 0.25) is 0 Å². The largest absolute Gasteiger partial charge is 0.300 e. The molecule has 1 aliphatic carbocycles. The molecule has 0 radical (unpaired) electrons. The van der Waals surface area contributed by atoms with Crippen LogP contribution in [0.1, 0.15) is 41.7 Å². The van der Waals surface area contributed by atoms with E-state index in [1.54, 1.807) is 0 Å². The Morgan fingerprint density at radius 1 is 0.528 bits per heavy atom. The fourth-order valence-electron chi connectivity index (χ4n) is 8.21. The molecular weight excluding hydrogens is 641 g/mol. The molecule has 2 heteroatoms. The van der Waals surface area contributed by atoms with Gasteiger partial charge in [-0.1, -0.05) is 184 Å². The number of nitrogens with zero attached hydrogens (tertiary/aromatic N) is 1. The molecular formula is C51H38N2. The molecule has 0 bridgehead atoms. The van der Waals surface area contributed by atoms with Crippen molar-refractivity contribution in [1.82, 2.24) is 0 Å². The SMILES string of the molecule is CC1(C)c2cccc(-c3cccc(-c4ccc(C=N/C(=C\C(=N)c5ccccc5)c5ccccc5)c5ccccc45)c3)c2-c2ccc3ccccc3c21. The van der Waals surface area contributed by atoms with E-state index >= 15 is 0 Å². The highest BCUT2D eigenvalue weighted by Crippen LogP contribution is 2.54. The number of aliphatic imine (C=N–C) groups is 1. The van der Waals surface area contributed by atoms with Crippen molar-refractivity contribution in [3.05, 3.63) is 210 Å². The van der Waals surface area contributed by atoms with Gasteiger partial charge in [-0.05, 0) is 83.8 Å². The molecule has 0 fully saturated rings. The van der Waals surface area contributed by atoms with Gasteiger partial charge >= 0.3 is 0 Å². The lowest BCUT2D eigenvalue weighted by atomic mass is 9.80. The summed E-state index contributed by atoms with van der Waals surface area (Å²) in [6.45, 7) is 4.74. The van der Waals surface area contributed by atoms with Crippen LogP contribution in [0.5, 0.6) is 0 Å². The first-order valence-electron chi connectivity index (χ1n) is 18.2. The molecule has 0 spiro atoms. The highest BCUT2D eigenvalue weighted by atomic mass is 14.7. The lowest BCUT2D eigenvalue weighted by Crippen LogP contribution is -2.15. The van der Waals surface area contributed by atoms with Crippen LogP contribution in [0.4, 0.5) is 0 Å². The van der Waals surface area contributed by atoms with E-state index in [0.29, 0.717) is 5.71 Å². The van der Waals surface area contributed by atoms with E-state index in [1.807, 2.05) is 73.0 Å². The molecule has 0 aliphatic heterocycles. The highest BCUT2D eigenvalue weighted by molar-refractivity contribution is 6.12. The van der Waals surface area contributed by atoms with Crippen molar-refractivity contribution in [2.45, 2.75) is 19.3 Å². The summed E-state index contributed by atoms with van der Waals surface area (Å²) in [7, 11) is 0. The van der Waals surface area contributed by atoms with Gasteiger partial charge in [-0.25, -0.2) is 0 Å². The first-order valence-corrected chi connectivity index (χ1v) is 18.2. The summed E-state index contributed by atoms with van der Waals surface area (Å²) in [6.07, 6.45) is 3.79. The van der Waals surface area contributed by atoms with Gasteiger partial charge in [0.25, 0.3) is 0 Å². The topological polar surface area (TPSA) is 36.2 Å². The fourth-order valence-corrected chi connectivity index (χ4v) is 8.21. The van der Waals surface area contributed by atoms with Crippen molar-refractivity contribution in [2.75, 3.05) is 0 Å². The maximum Gasteiger partial charge on any atom is 0.0723 e. The standard InChI is InChI=1S/C51H38N2/c1-51(2)46-26-14-25-42(49(46)45-30-27-34-15-9-10-23-43(34)50(45)51)38-21-13-20-37(31-38)41-29-28-39(40-22-11-12-24-44(40)41)33-53-48(36-18-7-4-8-19-36)32-47(52)35-16-5-3-6-17-35/h3-33,52H,1-2H3/b48-32-,52-47?,53-33?. The number of allylic oxidation sites excluding steroid dienone is 1. The molecule has 0 atom stereocenters. The zero-order valence-electron chi connectivity index (χ0n) is 29.8. The molecule has 9 rings (SSSR count). The van der Waals surface area contributed by atoms with Gasteiger partial charge in [0, 0.05) is 22.8 Å². The van der Waals surface area contributed by atoms with Crippen LogP contribution in [0.15, 0.2) is 187 Å². The molecule has 2 nitrogen and oxygen atoms in total. The first-order chi connectivity index (χ1) is 26.0. The van der Waals surface area contributed by atoms with Crippen LogP contribution in [-0.2, 0) is 5.41 Å². The Labute approximate surface area is 311 Å². The third kappa shape index (κ3) is 5.70. The van der Waals surface area contributed by atoms with E-state index in [2.05, 4.69) is 129 Å². The van der Waals surface area contributed by atoms with Crippen LogP contribution in [-0.4, -0.2) is 11.9 Å². The summed E-state index contributed by atoms with van der Waals surface area (Å²) in [6, 6.07) is 62.1. The zero-order chi connectivity index (χ0) is 35.9. The van der Waals surface area contributed by atoms with Crippen molar-refractivity contribution in [1.29, 1.82) is 5.41 Å². The minimum atomic E-state index is -0.107. The van der Waals surface area contributed by atoms with E-state index < -0.39 is 0 Å². The Hall–Kier alpha value is -6.64. The van der Waals surface area contributed by atoms with Gasteiger partial charge in [0.05, 0.1) is 11.4 Å². The number of fused-ring (bicyclic) bond motifs is 6. The molecule has 8 aromatic carbocycles. The highest BCUT2D eigenvalue weighted by Gasteiger charge is 2.38. The van der Waals surface area contributed by atoms with E-state index in [-0.39, 0.29) is 5.41 Å². The average Bonchev–Trinajstić information content (AvgIpc) is 3.46. The molecule has 0 saturated heterocycles. The third-order valence-electron chi connectivity index (χ3n) is 10.8. The van der Waals surface area contributed by atoms with Crippen molar-refractivity contribution < 1.29 is 0 Å². The Morgan fingerprint density at radius 2 is 1.15 bits per heavy atom. The molecule has 0 saturated carbocycles. The molecule has 0 amide bonds. The second-order valence-corrected chi connectivity index (χ2v) is 14.3. The number of benzene rings is 8. The number of hydrogen-bond acceptors (Lipinski definition) is 2. The fraction of sp³-hybridized carbons (Fsp3) is 0.0588. The zero-order valence-corrected chi connectivity index (χ0v) is 29.8.